The Hall–Kier alpha value is -0.610. The van der Waals surface area contributed by atoms with Crippen LogP contribution in [0.1, 0.15) is 32.6 Å². The van der Waals surface area contributed by atoms with E-state index in [1.54, 1.807) is 0 Å². The van der Waals surface area contributed by atoms with Gasteiger partial charge in [0.05, 0.1) is 0 Å². The van der Waals surface area contributed by atoms with Crippen LogP contribution in [0, 0.1) is 5.92 Å². The summed E-state index contributed by atoms with van der Waals surface area (Å²) in [4.78, 5) is 11.7. The lowest BCUT2D eigenvalue weighted by molar-refractivity contribution is -0.131. The van der Waals surface area contributed by atoms with Crippen LogP contribution in [-0.2, 0) is 9.53 Å². The van der Waals surface area contributed by atoms with Crippen LogP contribution >= 0.6 is 0 Å². The lowest BCUT2D eigenvalue weighted by atomic mass is 9.99. The van der Waals surface area contributed by atoms with Crippen molar-refractivity contribution in [3.05, 3.63) is 0 Å². The molecule has 1 rings (SSSR count). The number of hydrogen-bond acceptors (Lipinski definition) is 3. The van der Waals surface area contributed by atoms with Crippen molar-refractivity contribution in [1.29, 1.82) is 0 Å². The van der Waals surface area contributed by atoms with Crippen LogP contribution in [0.4, 0.5) is 0 Å². The number of hydrogen-bond donors (Lipinski definition) is 2. The molecule has 0 saturated heterocycles. The van der Waals surface area contributed by atoms with Crippen LogP contribution in [0.2, 0.25) is 0 Å². The van der Waals surface area contributed by atoms with Crippen molar-refractivity contribution in [1.82, 2.24) is 5.32 Å². The van der Waals surface area contributed by atoms with Gasteiger partial charge < -0.3 is 15.8 Å². The largest absolute Gasteiger partial charge is 0.370 e. The minimum atomic E-state index is -0.506. The Morgan fingerprint density at radius 1 is 1.53 bits per heavy atom. The quantitative estimate of drug-likeness (QED) is 0.706. The van der Waals surface area contributed by atoms with Gasteiger partial charge in [-0.15, -0.1) is 0 Å². The summed E-state index contributed by atoms with van der Waals surface area (Å²) >= 11 is 0. The minimum absolute atomic E-state index is 0.0839. The highest BCUT2D eigenvalue weighted by Gasteiger charge is 2.25. The van der Waals surface area contributed by atoms with Crippen molar-refractivity contribution in [3.63, 3.8) is 0 Å². The summed E-state index contributed by atoms with van der Waals surface area (Å²) < 4.78 is 4.99. The van der Waals surface area contributed by atoms with Crippen LogP contribution in [-0.4, -0.2) is 31.7 Å². The van der Waals surface area contributed by atoms with Crippen LogP contribution < -0.4 is 11.1 Å². The molecule has 1 aliphatic rings. The molecule has 4 nitrogen and oxygen atoms in total. The van der Waals surface area contributed by atoms with Crippen molar-refractivity contribution in [2.45, 2.75) is 44.8 Å². The molecule has 2 unspecified atom stereocenters. The number of amides is 1. The number of nitrogens with one attached hydrogen (secondary N) is 1. The maximum absolute atomic E-state index is 11.7. The fourth-order valence-electron chi connectivity index (χ4n) is 2.20. The standard InChI is InChI=1S/C11H22N2O2/c1-8(9-5-3-4-6-9)13-11(14)10(7-12)15-2/h8-10H,3-7,12H2,1-2H3,(H,13,14). The Labute approximate surface area is 91.5 Å². The second kappa shape index (κ2) is 6.08. The molecule has 0 aromatic carbocycles. The van der Waals surface area contributed by atoms with Gasteiger partial charge >= 0.3 is 0 Å². The Morgan fingerprint density at radius 2 is 2.13 bits per heavy atom. The van der Waals surface area contributed by atoms with Gasteiger partial charge in [0.15, 0.2) is 0 Å². The SMILES string of the molecule is COC(CN)C(=O)NC(C)C1CCCC1. The predicted octanol–water partition coefficient (Wildman–Crippen LogP) is 0.655. The van der Waals surface area contributed by atoms with E-state index in [-0.39, 0.29) is 18.5 Å². The molecule has 88 valence electrons. The van der Waals surface area contributed by atoms with Crippen molar-refractivity contribution < 1.29 is 9.53 Å². The van der Waals surface area contributed by atoms with E-state index >= 15 is 0 Å². The first-order chi connectivity index (χ1) is 7.19. The Kier molecular flexibility index (Phi) is 5.05. The average molecular weight is 214 g/mol. The third-order valence-corrected chi connectivity index (χ3v) is 3.27. The first kappa shape index (κ1) is 12.5. The van der Waals surface area contributed by atoms with Gasteiger partial charge in [-0.2, -0.15) is 0 Å². The van der Waals surface area contributed by atoms with E-state index in [2.05, 4.69) is 12.2 Å². The molecule has 0 heterocycles. The molecule has 0 radical (unpaired) electrons. The van der Waals surface area contributed by atoms with Crippen LogP contribution in [0.15, 0.2) is 0 Å². The molecule has 1 aliphatic carbocycles. The summed E-state index contributed by atoms with van der Waals surface area (Å²) in [5.41, 5.74) is 5.43. The molecule has 0 bridgehead atoms. The molecular weight excluding hydrogens is 192 g/mol. The third kappa shape index (κ3) is 3.47. The third-order valence-electron chi connectivity index (χ3n) is 3.27. The highest BCUT2D eigenvalue weighted by molar-refractivity contribution is 5.81. The van der Waals surface area contributed by atoms with Gasteiger partial charge in [-0.05, 0) is 25.7 Å². The van der Waals surface area contributed by atoms with Crippen LogP contribution in [0.25, 0.3) is 0 Å². The van der Waals surface area contributed by atoms with E-state index in [4.69, 9.17) is 10.5 Å². The van der Waals surface area contributed by atoms with Crippen LogP contribution in [0.3, 0.4) is 0 Å². The highest BCUT2D eigenvalue weighted by Crippen LogP contribution is 2.27. The molecule has 1 fully saturated rings. The minimum Gasteiger partial charge on any atom is -0.370 e. The molecule has 0 spiro atoms. The van der Waals surface area contributed by atoms with Gasteiger partial charge in [-0.1, -0.05) is 12.8 Å². The van der Waals surface area contributed by atoms with E-state index < -0.39 is 6.10 Å². The molecule has 0 aromatic heterocycles. The molecule has 4 heteroatoms. The first-order valence-corrected chi connectivity index (χ1v) is 5.72. The Morgan fingerprint density at radius 3 is 2.60 bits per heavy atom. The second-order valence-corrected chi connectivity index (χ2v) is 4.30. The zero-order valence-corrected chi connectivity index (χ0v) is 9.66. The van der Waals surface area contributed by atoms with Gasteiger partial charge in [0.25, 0.3) is 5.91 Å². The maximum atomic E-state index is 11.7. The Bertz CT molecular complexity index is 199. The molecule has 1 amide bonds. The van der Waals surface area contributed by atoms with Gasteiger partial charge in [0.2, 0.25) is 0 Å². The monoisotopic (exact) mass is 214 g/mol. The van der Waals surface area contributed by atoms with Crippen LogP contribution in [0.5, 0.6) is 0 Å². The molecular formula is C11H22N2O2. The summed E-state index contributed by atoms with van der Waals surface area (Å²) in [6, 6.07) is 0.240. The molecule has 2 atom stereocenters. The summed E-state index contributed by atoms with van der Waals surface area (Å²) in [6.07, 6.45) is 4.52. The number of carbonyl (C=O) groups excluding carboxylic acids is 1. The molecule has 0 aliphatic heterocycles. The first-order valence-electron chi connectivity index (χ1n) is 5.72. The van der Waals surface area contributed by atoms with Crippen molar-refractivity contribution in [2.75, 3.05) is 13.7 Å². The topological polar surface area (TPSA) is 64.3 Å². The van der Waals surface area contributed by atoms with Crippen molar-refractivity contribution in [2.24, 2.45) is 11.7 Å². The summed E-state index contributed by atoms with van der Waals surface area (Å²) in [6.45, 7) is 2.30. The smallest absolute Gasteiger partial charge is 0.250 e. The second-order valence-electron chi connectivity index (χ2n) is 4.30. The zero-order valence-electron chi connectivity index (χ0n) is 9.66. The highest BCUT2D eigenvalue weighted by atomic mass is 16.5. The van der Waals surface area contributed by atoms with E-state index in [9.17, 15) is 4.79 Å². The number of carbonyl (C=O) groups is 1. The number of rotatable bonds is 5. The molecule has 1 saturated carbocycles. The predicted molar refractivity (Wildman–Crippen MR) is 59.4 cm³/mol. The van der Waals surface area contributed by atoms with E-state index in [1.807, 2.05) is 0 Å². The average Bonchev–Trinajstić information content (AvgIpc) is 2.72. The molecule has 0 aromatic rings. The van der Waals surface area contributed by atoms with Crippen molar-refractivity contribution in [3.8, 4) is 0 Å². The number of methoxy groups -OCH3 is 1. The fraction of sp³-hybridized carbons (Fsp3) is 0.909. The van der Waals surface area contributed by atoms with E-state index in [0.717, 1.165) is 0 Å². The molecule has 15 heavy (non-hydrogen) atoms. The fourth-order valence-corrected chi connectivity index (χ4v) is 2.20. The van der Waals surface area contributed by atoms with Gasteiger partial charge in [0, 0.05) is 19.7 Å². The molecule has 3 N–H and O–H groups in total. The van der Waals surface area contributed by atoms with Crippen molar-refractivity contribution >= 4 is 5.91 Å². The lowest BCUT2D eigenvalue weighted by Crippen LogP contribution is -2.46. The number of nitrogens with two attached hydrogens (primary N) is 1. The summed E-state index contributed by atoms with van der Waals surface area (Å²) in [7, 11) is 1.51. The van der Waals surface area contributed by atoms with Gasteiger partial charge in [-0.25, -0.2) is 0 Å². The normalized spacial score (nSPS) is 21.3. The summed E-state index contributed by atoms with van der Waals surface area (Å²) in [5, 5.41) is 2.98. The summed E-state index contributed by atoms with van der Waals surface area (Å²) in [5.74, 6) is 0.545. The van der Waals surface area contributed by atoms with Gasteiger partial charge in [-0.3, -0.25) is 4.79 Å². The van der Waals surface area contributed by atoms with E-state index in [0.29, 0.717) is 5.92 Å². The Balaban J connectivity index is 2.35. The van der Waals surface area contributed by atoms with Gasteiger partial charge in [0.1, 0.15) is 6.10 Å². The lowest BCUT2D eigenvalue weighted by Gasteiger charge is -2.22. The van der Waals surface area contributed by atoms with E-state index in [1.165, 1.54) is 32.8 Å². The maximum Gasteiger partial charge on any atom is 0.250 e. The number of ether oxygens (including phenoxy) is 1. The zero-order chi connectivity index (χ0) is 11.3.